The van der Waals surface area contributed by atoms with Gasteiger partial charge in [0.15, 0.2) is 0 Å². The Morgan fingerprint density at radius 2 is 2.09 bits per heavy atom. The first-order valence-electron chi connectivity index (χ1n) is 8.32. The molecule has 1 aromatic rings. The van der Waals surface area contributed by atoms with Gasteiger partial charge in [-0.05, 0) is 69.6 Å². The van der Waals surface area contributed by atoms with Crippen LogP contribution in [0.15, 0.2) is 18.2 Å². The number of nitrogens with zero attached hydrogens (tertiary/aromatic N) is 2. The number of hydrogen-bond donors (Lipinski definition) is 1. The summed E-state index contributed by atoms with van der Waals surface area (Å²) in [6.45, 7) is 6.08. The molecule has 2 saturated heterocycles. The van der Waals surface area contributed by atoms with E-state index < -0.39 is 0 Å². The zero-order chi connectivity index (χ0) is 15.7. The van der Waals surface area contributed by atoms with Gasteiger partial charge in [-0.2, -0.15) is 0 Å². The molecule has 1 N–H and O–H groups in total. The van der Waals surface area contributed by atoms with E-state index in [4.69, 9.17) is 0 Å². The highest BCUT2D eigenvalue weighted by Crippen LogP contribution is 2.41. The molecule has 0 aliphatic carbocycles. The number of likely N-dealkylation sites (tertiary alicyclic amines) is 2. The van der Waals surface area contributed by atoms with E-state index in [0.29, 0.717) is 6.04 Å². The average Bonchev–Trinajstić information content (AvgIpc) is 2.47. The highest BCUT2D eigenvalue weighted by atomic mass is 19.1. The second-order valence-electron chi connectivity index (χ2n) is 7.24. The summed E-state index contributed by atoms with van der Waals surface area (Å²) in [6, 6.07) is 5.70. The van der Waals surface area contributed by atoms with Crippen LogP contribution < -0.4 is 0 Å². The van der Waals surface area contributed by atoms with Crippen LogP contribution >= 0.6 is 0 Å². The highest BCUT2D eigenvalue weighted by Gasteiger charge is 2.46. The van der Waals surface area contributed by atoms with Crippen molar-refractivity contribution in [3.05, 3.63) is 35.1 Å². The molecule has 3 nitrogen and oxygen atoms in total. The van der Waals surface area contributed by atoms with Crippen molar-refractivity contribution in [2.45, 2.75) is 38.8 Å². The third kappa shape index (κ3) is 3.05. The topological polar surface area (TPSA) is 26.7 Å². The molecule has 1 aromatic carbocycles. The molecular formula is C18H27FN2O. The lowest BCUT2D eigenvalue weighted by atomic mass is 9.69. The Hall–Kier alpha value is -0.970. The van der Waals surface area contributed by atoms with E-state index >= 15 is 0 Å². The maximum absolute atomic E-state index is 13.6. The van der Waals surface area contributed by atoms with Gasteiger partial charge >= 0.3 is 0 Å². The van der Waals surface area contributed by atoms with Gasteiger partial charge in [0.25, 0.3) is 0 Å². The molecule has 2 aliphatic heterocycles. The first kappa shape index (κ1) is 15.9. The minimum absolute atomic E-state index is 0.0708. The predicted molar refractivity (Wildman–Crippen MR) is 86.2 cm³/mol. The van der Waals surface area contributed by atoms with E-state index in [-0.39, 0.29) is 17.8 Å². The average molecular weight is 306 g/mol. The second kappa shape index (κ2) is 6.26. The second-order valence-corrected chi connectivity index (χ2v) is 7.24. The summed E-state index contributed by atoms with van der Waals surface area (Å²) >= 11 is 0. The van der Waals surface area contributed by atoms with E-state index in [0.717, 1.165) is 50.1 Å². The van der Waals surface area contributed by atoms with Crippen LogP contribution in [0.4, 0.5) is 4.39 Å². The van der Waals surface area contributed by atoms with Crippen LogP contribution in [0.5, 0.6) is 0 Å². The smallest absolute Gasteiger partial charge is 0.123 e. The van der Waals surface area contributed by atoms with Crippen molar-refractivity contribution in [1.82, 2.24) is 9.80 Å². The first-order valence-corrected chi connectivity index (χ1v) is 8.32. The fraction of sp³-hybridized carbons (Fsp3) is 0.667. The number of hydrogen-bond acceptors (Lipinski definition) is 3. The van der Waals surface area contributed by atoms with Crippen LogP contribution in [0.25, 0.3) is 0 Å². The van der Waals surface area contributed by atoms with E-state index in [2.05, 4.69) is 22.9 Å². The molecule has 22 heavy (non-hydrogen) atoms. The van der Waals surface area contributed by atoms with Gasteiger partial charge < -0.3 is 10.0 Å². The largest absolute Gasteiger partial charge is 0.396 e. The molecule has 0 radical (unpaired) electrons. The Morgan fingerprint density at radius 3 is 2.82 bits per heavy atom. The molecule has 0 bridgehead atoms. The van der Waals surface area contributed by atoms with Crippen LogP contribution in [-0.2, 0) is 6.54 Å². The van der Waals surface area contributed by atoms with Crippen molar-refractivity contribution < 1.29 is 9.50 Å². The molecule has 2 aliphatic rings. The summed E-state index contributed by atoms with van der Waals surface area (Å²) in [4.78, 5) is 4.82. The normalized spacial score (nSPS) is 30.3. The lowest BCUT2D eigenvalue weighted by molar-refractivity contribution is -0.0684. The highest BCUT2D eigenvalue weighted by molar-refractivity contribution is 5.23. The molecule has 0 spiro atoms. The Bertz CT molecular complexity index is 516. The number of benzene rings is 1. The maximum Gasteiger partial charge on any atom is 0.123 e. The first-order chi connectivity index (χ1) is 10.5. The van der Waals surface area contributed by atoms with Gasteiger partial charge in [-0.15, -0.1) is 0 Å². The number of rotatable bonds is 3. The van der Waals surface area contributed by atoms with Crippen LogP contribution in [0.3, 0.4) is 0 Å². The molecule has 2 fully saturated rings. The van der Waals surface area contributed by atoms with Gasteiger partial charge in [-0.1, -0.05) is 6.07 Å². The maximum atomic E-state index is 13.6. The minimum Gasteiger partial charge on any atom is -0.396 e. The van der Waals surface area contributed by atoms with E-state index in [9.17, 15) is 9.50 Å². The molecule has 0 saturated carbocycles. The molecule has 0 aromatic heterocycles. The quantitative estimate of drug-likeness (QED) is 0.929. The van der Waals surface area contributed by atoms with E-state index in [1.54, 1.807) is 12.1 Å². The number of piperidine rings is 2. The summed E-state index contributed by atoms with van der Waals surface area (Å²) in [5.74, 6) is -0.147. The van der Waals surface area contributed by atoms with Crippen molar-refractivity contribution in [3.8, 4) is 0 Å². The number of likely N-dealkylation sites (N-methyl/N-ethyl adjacent to an activating group) is 1. The number of aryl methyl sites for hydroxylation is 1. The molecule has 4 heteroatoms. The number of aliphatic hydroxyl groups excluding tert-OH is 1. The zero-order valence-corrected chi connectivity index (χ0v) is 13.7. The van der Waals surface area contributed by atoms with Crippen molar-refractivity contribution in [1.29, 1.82) is 0 Å². The van der Waals surface area contributed by atoms with Gasteiger partial charge in [0.1, 0.15) is 5.82 Å². The standard InChI is InChI=1S/C18H27FN2O/c1-14-8-15(10-16(19)9-14)11-21-7-5-18(13-22)4-3-6-20(2)17(18)12-21/h8-10,17,22H,3-7,11-13H2,1-2H3/t17-,18-/m1/s1. The molecule has 0 amide bonds. The molecule has 3 rings (SSSR count). The van der Waals surface area contributed by atoms with E-state index in [1.165, 1.54) is 6.42 Å². The van der Waals surface area contributed by atoms with Gasteiger partial charge in [0.2, 0.25) is 0 Å². The van der Waals surface area contributed by atoms with Crippen LogP contribution in [0.2, 0.25) is 0 Å². The molecule has 2 atom stereocenters. The van der Waals surface area contributed by atoms with Crippen LogP contribution in [-0.4, -0.2) is 54.2 Å². The van der Waals surface area contributed by atoms with Crippen LogP contribution in [0.1, 0.15) is 30.4 Å². The predicted octanol–water partition coefficient (Wildman–Crippen LogP) is 2.41. The Balaban J connectivity index is 1.72. The molecule has 122 valence electrons. The minimum atomic E-state index is -0.147. The lowest BCUT2D eigenvalue weighted by Gasteiger charge is -2.53. The van der Waals surface area contributed by atoms with Gasteiger partial charge in [0.05, 0.1) is 6.61 Å². The third-order valence-electron chi connectivity index (χ3n) is 5.60. The summed E-state index contributed by atoms with van der Waals surface area (Å²) in [5.41, 5.74) is 2.10. The SMILES string of the molecule is Cc1cc(F)cc(CN2CC[C@@]3(CO)CCCN(C)[C@@H]3C2)c1. The fourth-order valence-electron chi connectivity index (χ4n) is 4.38. The van der Waals surface area contributed by atoms with Crippen molar-refractivity contribution >= 4 is 0 Å². The van der Waals surface area contributed by atoms with Gasteiger partial charge in [0, 0.05) is 24.5 Å². The van der Waals surface area contributed by atoms with Crippen molar-refractivity contribution in [2.75, 3.05) is 33.3 Å². The van der Waals surface area contributed by atoms with Gasteiger partial charge in [-0.25, -0.2) is 4.39 Å². The molecule has 0 unspecified atom stereocenters. The Labute approximate surface area is 132 Å². The van der Waals surface area contributed by atoms with Crippen LogP contribution in [0, 0.1) is 18.2 Å². The van der Waals surface area contributed by atoms with Crippen molar-refractivity contribution in [3.63, 3.8) is 0 Å². The third-order valence-corrected chi connectivity index (χ3v) is 5.60. The van der Waals surface area contributed by atoms with Crippen molar-refractivity contribution in [2.24, 2.45) is 5.41 Å². The summed E-state index contributed by atoms with van der Waals surface area (Å²) < 4.78 is 13.6. The Morgan fingerprint density at radius 1 is 1.27 bits per heavy atom. The number of halogens is 1. The summed E-state index contributed by atoms with van der Waals surface area (Å²) in [7, 11) is 2.17. The monoisotopic (exact) mass is 306 g/mol. The van der Waals surface area contributed by atoms with Gasteiger partial charge in [-0.3, -0.25) is 4.90 Å². The Kier molecular flexibility index (Phi) is 4.53. The summed E-state index contributed by atoms with van der Waals surface area (Å²) in [5, 5.41) is 9.95. The number of aliphatic hydroxyl groups is 1. The summed E-state index contributed by atoms with van der Waals surface area (Å²) in [6.07, 6.45) is 3.34. The van der Waals surface area contributed by atoms with E-state index in [1.807, 2.05) is 6.92 Å². The zero-order valence-electron chi connectivity index (χ0n) is 13.7. The fourth-order valence-corrected chi connectivity index (χ4v) is 4.38. The number of fused-ring (bicyclic) bond motifs is 1. The molecule has 2 heterocycles. The lowest BCUT2D eigenvalue weighted by Crippen LogP contribution is -2.61. The molecular weight excluding hydrogens is 279 g/mol.